The summed E-state index contributed by atoms with van der Waals surface area (Å²) in [7, 11) is 0. The summed E-state index contributed by atoms with van der Waals surface area (Å²) < 4.78 is 0. The van der Waals surface area contributed by atoms with E-state index < -0.39 is 0 Å². The van der Waals surface area contributed by atoms with Crippen LogP contribution in [0.5, 0.6) is 0 Å². The van der Waals surface area contributed by atoms with Crippen molar-refractivity contribution in [3.05, 3.63) is 24.3 Å². The number of hydrogen-bond donors (Lipinski definition) is 1. The molecule has 0 aliphatic heterocycles. The van der Waals surface area contributed by atoms with Crippen LogP contribution in [0.25, 0.3) is 0 Å². The number of thioether (sulfide) groups is 1. The van der Waals surface area contributed by atoms with Gasteiger partial charge in [-0.1, -0.05) is 26.0 Å². The van der Waals surface area contributed by atoms with E-state index in [1.165, 1.54) is 10.6 Å². The van der Waals surface area contributed by atoms with Gasteiger partial charge in [-0.25, -0.2) is 0 Å². The highest BCUT2D eigenvalue weighted by Gasteiger charge is 1.99. The minimum Gasteiger partial charge on any atom is -0.384 e. The van der Waals surface area contributed by atoms with Gasteiger partial charge in [0.05, 0.1) is 0 Å². The van der Waals surface area contributed by atoms with E-state index in [9.17, 15) is 0 Å². The van der Waals surface area contributed by atoms with E-state index >= 15 is 0 Å². The summed E-state index contributed by atoms with van der Waals surface area (Å²) in [6.07, 6.45) is 2.11. The number of hydrogen-bond acceptors (Lipinski definition) is 2. The molecule has 1 aromatic rings. The molecular formula is C11H17NS. The molecule has 1 nitrogen and oxygen atoms in total. The van der Waals surface area contributed by atoms with Crippen LogP contribution in [0, 0.1) is 5.92 Å². The first-order chi connectivity index (χ1) is 6.24. The van der Waals surface area contributed by atoms with Gasteiger partial charge in [-0.3, -0.25) is 0 Å². The topological polar surface area (TPSA) is 12.0 Å². The average Bonchev–Trinajstić information content (AvgIpc) is 2.15. The maximum atomic E-state index is 3.44. The van der Waals surface area contributed by atoms with Crippen molar-refractivity contribution in [2.45, 2.75) is 18.7 Å². The molecule has 0 aliphatic rings. The lowest BCUT2D eigenvalue weighted by molar-refractivity contribution is 0.688. The van der Waals surface area contributed by atoms with Crippen LogP contribution < -0.4 is 5.32 Å². The van der Waals surface area contributed by atoms with E-state index in [-0.39, 0.29) is 0 Å². The molecule has 1 rings (SSSR count). The predicted molar refractivity (Wildman–Crippen MR) is 61.6 cm³/mol. The van der Waals surface area contributed by atoms with E-state index in [4.69, 9.17) is 0 Å². The van der Waals surface area contributed by atoms with Gasteiger partial charge >= 0.3 is 0 Å². The Balaban J connectivity index is 2.64. The Bertz CT molecular complexity index is 258. The van der Waals surface area contributed by atoms with Gasteiger partial charge in [-0.15, -0.1) is 11.8 Å². The molecule has 0 radical (unpaired) electrons. The van der Waals surface area contributed by atoms with Crippen LogP contribution in [0.15, 0.2) is 29.2 Å². The highest BCUT2D eigenvalue weighted by Crippen LogP contribution is 2.24. The minimum atomic E-state index is 0.690. The fourth-order valence-electron chi connectivity index (χ4n) is 1.10. The maximum absolute atomic E-state index is 3.44. The summed E-state index contributed by atoms with van der Waals surface area (Å²) in [6, 6.07) is 8.43. The van der Waals surface area contributed by atoms with Gasteiger partial charge in [0.2, 0.25) is 0 Å². The molecule has 0 bridgehead atoms. The van der Waals surface area contributed by atoms with E-state index in [2.05, 4.69) is 49.7 Å². The lowest BCUT2D eigenvalue weighted by Crippen LogP contribution is -2.08. The van der Waals surface area contributed by atoms with Crippen molar-refractivity contribution in [1.82, 2.24) is 0 Å². The molecule has 0 spiro atoms. The molecule has 1 aromatic carbocycles. The Morgan fingerprint density at radius 2 is 2.00 bits per heavy atom. The van der Waals surface area contributed by atoms with Crippen LogP contribution in [0.4, 0.5) is 5.69 Å². The molecule has 13 heavy (non-hydrogen) atoms. The molecule has 0 saturated heterocycles. The van der Waals surface area contributed by atoms with Crippen molar-refractivity contribution >= 4 is 17.4 Å². The van der Waals surface area contributed by atoms with Crippen LogP contribution in [0.2, 0.25) is 0 Å². The standard InChI is InChI=1S/C11H17NS/c1-9(2)8-12-10-6-4-5-7-11(10)13-3/h4-7,9,12H,8H2,1-3H3. The Hall–Kier alpha value is -0.630. The third-order valence-electron chi connectivity index (χ3n) is 1.81. The normalized spacial score (nSPS) is 10.5. The zero-order chi connectivity index (χ0) is 9.68. The lowest BCUT2D eigenvalue weighted by atomic mass is 10.2. The fraction of sp³-hybridized carbons (Fsp3) is 0.455. The van der Waals surface area contributed by atoms with Crippen molar-refractivity contribution in [3.8, 4) is 0 Å². The second kappa shape index (κ2) is 5.18. The largest absolute Gasteiger partial charge is 0.384 e. The predicted octanol–water partition coefficient (Wildman–Crippen LogP) is 3.48. The summed E-state index contributed by atoms with van der Waals surface area (Å²) in [4.78, 5) is 1.32. The van der Waals surface area contributed by atoms with Gasteiger partial charge in [0.1, 0.15) is 0 Å². The second-order valence-corrected chi connectivity index (χ2v) is 4.32. The van der Waals surface area contributed by atoms with Gasteiger partial charge in [-0.2, -0.15) is 0 Å². The quantitative estimate of drug-likeness (QED) is 0.738. The maximum Gasteiger partial charge on any atom is 0.0478 e. The highest BCUT2D eigenvalue weighted by atomic mass is 32.2. The van der Waals surface area contributed by atoms with E-state index in [0.29, 0.717) is 5.92 Å². The Morgan fingerprint density at radius 3 is 2.62 bits per heavy atom. The molecule has 0 unspecified atom stereocenters. The van der Waals surface area contributed by atoms with Crippen LogP contribution in [-0.4, -0.2) is 12.8 Å². The molecule has 72 valence electrons. The number of rotatable bonds is 4. The molecular weight excluding hydrogens is 178 g/mol. The van der Waals surface area contributed by atoms with Gasteiger partial charge < -0.3 is 5.32 Å². The fourth-order valence-corrected chi connectivity index (χ4v) is 1.68. The first-order valence-corrected chi connectivity index (χ1v) is 5.83. The van der Waals surface area contributed by atoms with Crippen molar-refractivity contribution in [2.24, 2.45) is 5.92 Å². The molecule has 0 heterocycles. The number of nitrogens with one attached hydrogen (secondary N) is 1. The Kier molecular flexibility index (Phi) is 4.16. The van der Waals surface area contributed by atoms with Crippen LogP contribution >= 0.6 is 11.8 Å². The molecule has 1 N–H and O–H groups in total. The van der Waals surface area contributed by atoms with Crippen molar-refractivity contribution in [2.75, 3.05) is 18.1 Å². The molecule has 0 saturated carbocycles. The number of benzene rings is 1. The molecule has 0 fully saturated rings. The van der Waals surface area contributed by atoms with Crippen LogP contribution in [0.1, 0.15) is 13.8 Å². The van der Waals surface area contributed by atoms with Crippen molar-refractivity contribution in [3.63, 3.8) is 0 Å². The van der Waals surface area contributed by atoms with Gasteiger partial charge in [0.25, 0.3) is 0 Å². The number of para-hydroxylation sites is 1. The first kappa shape index (κ1) is 10.5. The smallest absolute Gasteiger partial charge is 0.0478 e. The average molecular weight is 195 g/mol. The highest BCUT2D eigenvalue weighted by molar-refractivity contribution is 7.98. The molecule has 2 heteroatoms. The van der Waals surface area contributed by atoms with Gasteiger partial charge in [0.15, 0.2) is 0 Å². The molecule has 0 amide bonds. The van der Waals surface area contributed by atoms with E-state index in [1.807, 2.05) is 0 Å². The third kappa shape index (κ3) is 3.31. The zero-order valence-electron chi connectivity index (χ0n) is 8.50. The molecule has 0 aromatic heterocycles. The van der Waals surface area contributed by atoms with E-state index in [0.717, 1.165) is 6.54 Å². The monoisotopic (exact) mass is 195 g/mol. The zero-order valence-corrected chi connectivity index (χ0v) is 9.32. The SMILES string of the molecule is CSc1ccccc1NCC(C)C. The summed E-state index contributed by atoms with van der Waals surface area (Å²) in [6.45, 7) is 5.47. The van der Waals surface area contributed by atoms with Gasteiger partial charge in [-0.05, 0) is 24.3 Å². The summed E-state index contributed by atoms with van der Waals surface area (Å²) >= 11 is 1.78. The van der Waals surface area contributed by atoms with Gasteiger partial charge in [0, 0.05) is 17.1 Å². The van der Waals surface area contributed by atoms with Crippen LogP contribution in [0.3, 0.4) is 0 Å². The Labute approximate surface area is 84.9 Å². The van der Waals surface area contributed by atoms with Crippen molar-refractivity contribution in [1.29, 1.82) is 0 Å². The minimum absolute atomic E-state index is 0.690. The summed E-state index contributed by atoms with van der Waals surface area (Å²) in [5.41, 5.74) is 1.25. The second-order valence-electron chi connectivity index (χ2n) is 3.48. The lowest BCUT2D eigenvalue weighted by Gasteiger charge is -2.11. The number of anilines is 1. The molecule has 0 aliphatic carbocycles. The summed E-state index contributed by atoms with van der Waals surface area (Å²) in [5.74, 6) is 0.690. The summed E-state index contributed by atoms with van der Waals surface area (Å²) in [5, 5.41) is 3.44. The van der Waals surface area contributed by atoms with Crippen molar-refractivity contribution < 1.29 is 0 Å². The first-order valence-electron chi connectivity index (χ1n) is 4.61. The molecule has 0 atom stereocenters. The van der Waals surface area contributed by atoms with Crippen LogP contribution in [-0.2, 0) is 0 Å². The Morgan fingerprint density at radius 1 is 1.31 bits per heavy atom. The van der Waals surface area contributed by atoms with E-state index in [1.54, 1.807) is 11.8 Å². The third-order valence-corrected chi connectivity index (χ3v) is 2.60.